The van der Waals surface area contributed by atoms with E-state index in [0.29, 0.717) is 11.4 Å². The number of nitrogens with zero attached hydrogens (tertiary/aromatic N) is 1. The van der Waals surface area contributed by atoms with Crippen molar-refractivity contribution in [1.82, 2.24) is 0 Å². The largest absolute Gasteiger partial charge is 0.324 e. The van der Waals surface area contributed by atoms with E-state index in [2.05, 4.69) is 5.32 Å². The van der Waals surface area contributed by atoms with Gasteiger partial charge in [0.05, 0.1) is 10.6 Å². The number of carbonyl (C=O) groups is 1. The van der Waals surface area contributed by atoms with E-state index in [1.165, 1.54) is 16.4 Å². The molecule has 0 atom stereocenters. The normalized spacial score (nSPS) is 11.2. The number of nitrogens with one attached hydrogen (secondary N) is 1. The predicted molar refractivity (Wildman–Crippen MR) is 124 cm³/mol. The summed E-state index contributed by atoms with van der Waals surface area (Å²) < 4.78 is 28.0. The van der Waals surface area contributed by atoms with Crippen LogP contribution >= 0.6 is 11.8 Å². The fraction of sp³-hybridized carbons (Fsp3) is 0.174. The van der Waals surface area contributed by atoms with E-state index in [1.807, 2.05) is 50.4 Å². The molecule has 5 nitrogen and oxygen atoms in total. The summed E-state index contributed by atoms with van der Waals surface area (Å²) in [5, 5.41) is 2.82. The van der Waals surface area contributed by atoms with Gasteiger partial charge in [-0.3, -0.25) is 9.10 Å². The number of amides is 1. The topological polar surface area (TPSA) is 66.5 Å². The number of hydrogen-bond donors (Lipinski definition) is 1. The zero-order chi connectivity index (χ0) is 21.7. The molecule has 0 radical (unpaired) electrons. The summed E-state index contributed by atoms with van der Waals surface area (Å²) >= 11 is 1.57. The molecule has 7 heteroatoms. The van der Waals surface area contributed by atoms with Gasteiger partial charge in [0.1, 0.15) is 6.54 Å². The summed E-state index contributed by atoms with van der Waals surface area (Å²) in [6, 6.07) is 21.2. The van der Waals surface area contributed by atoms with Crippen LogP contribution in [-0.4, -0.2) is 27.1 Å². The van der Waals surface area contributed by atoms with E-state index in [0.717, 1.165) is 16.0 Å². The van der Waals surface area contributed by atoms with Gasteiger partial charge in [0.2, 0.25) is 5.91 Å². The molecule has 1 N–H and O–H groups in total. The lowest BCUT2D eigenvalue weighted by atomic mass is 10.1. The van der Waals surface area contributed by atoms with Gasteiger partial charge in [-0.15, -0.1) is 11.8 Å². The van der Waals surface area contributed by atoms with Gasteiger partial charge >= 0.3 is 0 Å². The summed E-state index contributed by atoms with van der Waals surface area (Å²) in [6.45, 7) is 3.40. The molecule has 156 valence electrons. The number of sulfonamides is 1. The molecule has 0 bridgehead atoms. The van der Waals surface area contributed by atoms with Crippen molar-refractivity contribution >= 4 is 39.1 Å². The molecule has 0 spiro atoms. The van der Waals surface area contributed by atoms with Crippen molar-refractivity contribution in [2.24, 2.45) is 0 Å². The van der Waals surface area contributed by atoms with Gasteiger partial charge in [-0.05, 0) is 67.6 Å². The molecule has 0 saturated heterocycles. The third-order valence-corrected chi connectivity index (χ3v) is 7.10. The van der Waals surface area contributed by atoms with Crippen molar-refractivity contribution in [3.63, 3.8) is 0 Å². The fourth-order valence-corrected chi connectivity index (χ4v) is 5.00. The van der Waals surface area contributed by atoms with Crippen molar-refractivity contribution in [3.05, 3.63) is 83.9 Å². The van der Waals surface area contributed by atoms with E-state index < -0.39 is 15.9 Å². The number of anilines is 2. The van der Waals surface area contributed by atoms with Crippen LogP contribution in [0.2, 0.25) is 0 Å². The van der Waals surface area contributed by atoms with Gasteiger partial charge in [0.25, 0.3) is 10.0 Å². The molecule has 3 rings (SSSR count). The first-order valence-electron chi connectivity index (χ1n) is 9.40. The van der Waals surface area contributed by atoms with Crippen molar-refractivity contribution in [3.8, 4) is 0 Å². The number of rotatable bonds is 7. The van der Waals surface area contributed by atoms with Gasteiger partial charge in [0, 0.05) is 10.6 Å². The molecule has 0 aliphatic heterocycles. The van der Waals surface area contributed by atoms with Crippen molar-refractivity contribution in [1.29, 1.82) is 0 Å². The Morgan fingerprint density at radius 3 is 2.40 bits per heavy atom. The monoisotopic (exact) mass is 440 g/mol. The summed E-state index contributed by atoms with van der Waals surface area (Å²) in [6.07, 6.45) is 1.95. The third-order valence-electron chi connectivity index (χ3n) is 4.61. The lowest BCUT2D eigenvalue weighted by molar-refractivity contribution is -0.114. The van der Waals surface area contributed by atoms with Gasteiger partial charge < -0.3 is 5.32 Å². The zero-order valence-corrected chi connectivity index (χ0v) is 18.8. The Hall–Kier alpha value is -2.77. The number of benzene rings is 3. The van der Waals surface area contributed by atoms with Crippen LogP contribution in [-0.2, 0) is 14.8 Å². The average molecular weight is 441 g/mol. The van der Waals surface area contributed by atoms with Crippen LogP contribution in [0.5, 0.6) is 0 Å². The van der Waals surface area contributed by atoms with Crippen molar-refractivity contribution in [2.75, 3.05) is 22.4 Å². The Morgan fingerprint density at radius 2 is 1.70 bits per heavy atom. The standard InChI is InChI=1S/C23H24N2O3S2/c1-17-12-13-18(2)22(14-17)25(30(27,28)21-10-5-4-6-11-21)16-23(26)24-19-8-7-9-20(15-19)29-3/h4-15H,16H2,1-3H3,(H,24,26). The minimum Gasteiger partial charge on any atom is -0.324 e. The second-order valence-electron chi connectivity index (χ2n) is 6.89. The van der Waals surface area contributed by atoms with E-state index in [9.17, 15) is 13.2 Å². The highest BCUT2D eigenvalue weighted by molar-refractivity contribution is 7.98. The smallest absolute Gasteiger partial charge is 0.264 e. The maximum atomic E-state index is 13.4. The fourth-order valence-electron chi connectivity index (χ4n) is 3.04. The predicted octanol–water partition coefficient (Wildman–Crippen LogP) is 4.86. The average Bonchev–Trinajstić information content (AvgIpc) is 2.74. The minimum atomic E-state index is -3.93. The van der Waals surface area contributed by atoms with Crippen LogP contribution in [0, 0.1) is 13.8 Å². The summed E-state index contributed by atoms with van der Waals surface area (Å²) in [5.41, 5.74) is 2.81. The number of hydrogen-bond acceptors (Lipinski definition) is 4. The molecule has 0 unspecified atom stereocenters. The third kappa shape index (κ3) is 5.04. The number of aryl methyl sites for hydroxylation is 2. The van der Waals surface area contributed by atoms with Gasteiger partial charge in [-0.25, -0.2) is 8.42 Å². The second-order valence-corrected chi connectivity index (χ2v) is 9.64. The molecule has 0 aliphatic rings. The minimum absolute atomic E-state index is 0.142. The van der Waals surface area contributed by atoms with Crippen LogP contribution in [0.3, 0.4) is 0 Å². The maximum Gasteiger partial charge on any atom is 0.264 e. The first-order valence-corrected chi connectivity index (χ1v) is 12.1. The molecule has 0 aromatic heterocycles. The van der Waals surface area contributed by atoms with Gasteiger partial charge in [0.15, 0.2) is 0 Å². The van der Waals surface area contributed by atoms with Gasteiger partial charge in [-0.1, -0.05) is 36.4 Å². The molecule has 0 fully saturated rings. The van der Waals surface area contributed by atoms with Gasteiger partial charge in [-0.2, -0.15) is 0 Å². The molecule has 0 aliphatic carbocycles. The molecule has 3 aromatic carbocycles. The quantitative estimate of drug-likeness (QED) is 0.533. The van der Waals surface area contributed by atoms with E-state index in [-0.39, 0.29) is 11.4 Å². The summed E-state index contributed by atoms with van der Waals surface area (Å²) in [4.78, 5) is 14.0. The van der Waals surface area contributed by atoms with Crippen LogP contribution in [0.15, 0.2) is 82.6 Å². The molecule has 0 saturated carbocycles. The highest BCUT2D eigenvalue weighted by Crippen LogP contribution is 2.28. The SMILES string of the molecule is CSc1cccc(NC(=O)CN(c2cc(C)ccc2C)S(=O)(=O)c2ccccc2)c1. The van der Waals surface area contributed by atoms with Crippen LogP contribution in [0.4, 0.5) is 11.4 Å². The first kappa shape index (κ1) is 21.9. The Morgan fingerprint density at radius 1 is 0.967 bits per heavy atom. The Bertz CT molecular complexity index is 1150. The van der Waals surface area contributed by atoms with E-state index in [1.54, 1.807) is 42.1 Å². The zero-order valence-electron chi connectivity index (χ0n) is 17.1. The van der Waals surface area contributed by atoms with E-state index >= 15 is 0 Å². The lowest BCUT2D eigenvalue weighted by Gasteiger charge is -2.26. The lowest BCUT2D eigenvalue weighted by Crippen LogP contribution is -2.38. The molecule has 30 heavy (non-hydrogen) atoms. The molecular weight excluding hydrogens is 416 g/mol. The van der Waals surface area contributed by atoms with E-state index in [4.69, 9.17) is 0 Å². The van der Waals surface area contributed by atoms with Crippen molar-refractivity contribution < 1.29 is 13.2 Å². The molecular formula is C23H24N2O3S2. The van der Waals surface area contributed by atoms with Crippen LogP contribution in [0.1, 0.15) is 11.1 Å². The highest BCUT2D eigenvalue weighted by Gasteiger charge is 2.28. The van der Waals surface area contributed by atoms with Crippen molar-refractivity contribution in [2.45, 2.75) is 23.6 Å². The summed E-state index contributed by atoms with van der Waals surface area (Å²) in [5.74, 6) is -0.409. The second kappa shape index (κ2) is 9.36. The maximum absolute atomic E-state index is 13.4. The molecule has 1 amide bonds. The molecule has 3 aromatic rings. The van der Waals surface area contributed by atoms with Crippen LogP contribution < -0.4 is 9.62 Å². The first-order chi connectivity index (χ1) is 14.3. The number of carbonyl (C=O) groups excluding carboxylic acids is 1. The number of thioether (sulfide) groups is 1. The summed E-state index contributed by atoms with van der Waals surface area (Å²) in [7, 11) is -3.93. The Labute approximate surface area is 182 Å². The Kier molecular flexibility index (Phi) is 6.84. The Balaban J connectivity index is 1.97. The molecule has 0 heterocycles. The highest BCUT2D eigenvalue weighted by atomic mass is 32.2. The van der Waals surface area contributed by atoms with Crippen LogP contribution in [0.25, 0.3) is 0 Å².